The zero-order valence-corrected chi connectivity index (χ0v) is 18.8. The maximum absolute atomic E-state index is 13.7. The number of benzene rings is 2. The van der Waals surface area contributed by atoms with Crippen LogP contribution < -0.4 is 0 Å². The molecule has 0 N–H and O–H groups in total. The second-order valence-electron chi connectivity index (χ2n) is 7.30. The van der Waals surface area contributed by atoms with Gasteiger partial charge in [-0.2, -0.15) is 5.10 Å². The normalized spacial score (nSPS) is 11.6. The zero-order chi connectivity index (χ0) is 22.1. The van der Waals surface area contributed by atoms with E-state index < -0.39 is 6.43 Å². The third kappa shape index (κ3) is 4.70. The SMILES string of the molecule is Cc1nn(-c2nc(-c3ccc(C(F)F)cc3)c(SC(C)C)s2)cc1-c1cccc(F)c1. The van der Waals surface area contributed by atoms with Crippen LogP contribution in [0.4, 0.5) is 13.2 Å². The van der Waals surface area contributed by atoms with Crippen LogP contribution in [-0.4, -0.2) is 20.0 Å². The summed E-state index contributed by atoms with van der Waals surface area (Å²) in [5, 5.41) is 5.58. The summed E-state index contributed by atoms with van der Waals surface area (Å²) < 4.78 is 42.2. The predicted molar refractivity (Wildman–Crippen MR) is 121 cm³/mol. The number of aromatic nitrogens is 3. The maximum Gasteiger partial charge on any atom is 0.263 e. The monoisotopic (exact) mass is 459 g/mol. The van der Waals surface area contributed by atoms with Gasteiger partial charge in [-0.05, 0) is 24.6 Å². The molecule has 160 valence electrons. The van der Waals surface area contributed by atoms with Gasteiger partial charge in [0.2, 0.25) is 5.13 Å². The van der Waals surface area contributed by atoms with Gasteiger partial charge in [0.15, 0.2) is 0 Å². The molecule has 3 nitrogen and oxygen atoms in total. The van der Waals surface area contributed by atoms with E-state index in [1.165, 1.54) is 35.6 Å². The Kier molecular flexibility index (Phi) is 6.20. The van der Waals surface area contributed by atoms with Crippen molar-refractivity contribution in [3.63, 3.8) is 0 Å². The average molecular weight is 460 g/mol. The first-order valence-electron chi connectivity index (χ1n) is 9.70. The number of aryl methyl sites for hydroxylation is 1. The number of rotatable bonds is 6. The van der Waals surface area contributed by atoms with Crippen molar-refractivity contribution in [3.05, 3.63) is 71.8 Å². The fraction of sp³-hybridized carbons (Fsp3) is 0.217. The van der Waals surface area contributed by atoms with Gasteiger partial charge in [0.05, 0.1) is 15.6 Å². The van der Waals surface area contributed by atoms with Gasteiger partial charge in [-0.15, -0.1) is 11.8 Å². The van der Waals surface area contributed by atoms with Gasteiger partial charge >= 0.3 is 0 Å². The van der Waals surface area contributed by atoms with E-state index in [1.54, 1.807) is 34.6 Å². The van der Waals surface area contributed by atoms with Crippen molar-refractivity contribution in [1.82, 2.24) is 14.8 Å². The highest BCUT2D eigenvalue weighted by atomic mass is 32.2. The molecule has 0 radical (unpaired) electrons. The first-order valence-corrected chi connectivity index (χ1v) is 11.4. The third-order valence-corrected chi connectivity index (χ3v) is 6.85. The highest BCUT2D eigenvalue weighted by Gasteiger charge is 2.19. The third-order valence-electron chi connectivity index (χ3n) is 4.59. The lowest BCUT2D eigenvalue weighted by Crippen LogP contribution is -1.94. The van der Waals surface area contributed by atoms with Crippen molar-refractivity contribution in [3.8, 4) is 27.5 Å². The van der Waals surface area contributed by atoms with Crippen LogP contribution >= 0.6 is 23.1 Å². The van der Waals surface area contributed by atoms with Crippen molar-refractivity contribution >= 4 is 23.1 Å². The van der Waals surface area contributed by atoms with E-state index in [4.69, 9.17) is 4.98 Å². The number of hydrogen-bond acceptors (Lipinski definition) is 4. The highest BCUT2D eigenvalue weighted by Crippen LogP contribution is 2.40. The topological polar surface area (TPSA) is 30.7 Å². The van der Waals surface area contributed by atoms with Crippen LogP contribution in [0, 0.1) is 12.7 Å². The van der Waals surface area contributed by atoms with Gasteiger partial charge in [0.25, 0.3) is 6.43 Å². The summed E-state index contributed by atoms with van der Waals surface area (Å²) in [6.45, 7) is 6.06. The summed E-state index contributed by atoms with van der Waals surface area (Å²) in [6.07, 6.45) is -0.658. The second-order valence-corrected chi connectivity index (χ2v) is 10.1. The van der Waals surface area contributed by atoms with Crippen molar-refractivity contribution < 1.29 is 13.2 Å². The lowest BCUT2D eigenvalue weighted by atomic mass is 10.1. The van der Waals surface area contributed by atoms with Crippen LogP contribution in [-0.2, 0) is 0 Å². The van der Waals surface area contributed by atoms with Crippen LogP contribution in [0.5, 0.6) is 0 Å². The van der Waals surface area contributed by atoms with E-state index in [9.17, 15) is 13.2 Å². The molecule has 31 heavy (non-hydrogen) atoms. The lowest BCUT2D eigenvalue weighted by Gasteiger charge is -2.05. The standard InChI is InChI=1S/C23H20F3N3S2/c1-13(2)30-22-20(15-7-9-16(10-8-15)21(25)26)27-23(31-22)29-12-19(14(3)28-29)17-5-4-6-18(24)11-17/h4-13,21H,1-3H3. The number of halogens is 3. The first kappa shape index (κ1) is 21.6. The quantitative estimate of drug-likeness (QED) is 0.279. The number of thiazole rings is 1. The lowest BCUT2D eigenvalue weighted by molar-refractivity contribution is 0.151. The van der Waals surface area contributed by atoms with Crippen molar-refractivity contribution in [2.24, 2.45) is 0 Å². The molecule has 0 bridgehead atoms. The summed E-state index contributed by atoms with van der Waals surface area (Å²) in [4.78, 5) is 4.78. The summed E-state index contributed by atoms with van der Waals surface area (Å²) in [7, 11) is 0. The number of thioether (sulfide) groups is 1. The van der Waals surface area contributed by atoms with Gasteiger partial charge in [-0.3, -0.25) is 0 Å². The van der Waals surface area contributed by atoms with Gasteiger partial charge in [-0.1, -0.05) is 61.6 Å². The Bertz CT molecular complexity index is 1200. The number of alkyl halides is 2. The molecule has 0 saturated heterocycles. The van der Waals surface area contributed by atoms with Crippen LogP contribution in [0.15, 0.2) is 58.9 Å². The minimum Gasteiger partial charge on any atom is -0.217 e. The summed E-state index contributed by atoms with van der Waals surface area (Å²) in [5.41, 5.74) is 3.86. The first-order chi connectivity index (χ1) is 14.8. The van der Waals surface area contributed by atoms with Gasteiger partial charge in [-0.25, -0.2) is 22.8 Å². The Morgan fingerprint density at radius 3 is 2.42 bits per heavy atom. The molecular formula is C23H20F3N3S2. The van der Waals surface area contributed by atoms with Crippen LogP contribution in [0.3, 0.4) is 0 Å². The van der Waals surface area contributed by atoms with Gasteiger partial charge in [0.1, 0.15) is 5.82 Å². The number of nitrogens with zero attached hydrogens (tertiary/aromatic N) is 3. The molecule has 4 aromatic rings. The molecule has 0 saturated carbocycles. The molecule has 4 rings (SSSR count). The minimum absolute atomic E-state index is 0.0142. The summed E-state index contributed by atoms with van der Waals surface area (Å²) in [5.74, 6) is -0.302. The summed E-state index contributed by atoms with van der Waals surface area (Å²) >= 11 is 3.17. The highest BCUT2D eigenvalue weighted by molar-refractivity contribution is 8.01. The van der Waals surface area contributed by atoms with Gasteiger partial charge < -0.3 is 0 Å². The Hall–Kier alpha value is -2.58. The molecule has 0 atom stereocenters. The Balaban J connectivity index is 1.75. The minimum atomic E-state index is -2.50. The molecule has 2 heterocycles. The second kappa shape index (κ2) is 8.88. The van der Waals surface area contributed by atoms with Crippen LogP contribution in [0.25, 0.3) is 27.5 Å². The molecular weight excluding hydrogens is 439 g/mol. The van der Waals surface area contributed by atoms with E-state index in [0.29, 0.717) is 10.4 Å². The molecule has 0 fully saturated rings. The molecule has 0 unspecified atom stereocenters. The Labute approximate surface area is 187 Å². The fourth-order valence-electron chi connectivity index (χ4n) is 3.15. The molecule has 8 heteroatoms. The Morgan fingerprint density at radius 1 is 1.03 bits per heavy atom. The predicted octanol–water partition coefficient (Wildman–Crippen LogP) is 7.55. The molecule has 2 aromatic carbocycles. The zero-order valence-electron chi connectivity index (χ0n) is 17.1. The fourth-order valence-corrected chi connectivity index (χ4v) is 5.60. The van der Waals surface area contributed by atoms with Crippen LogP contribution in [0.2, 0.25) is 0 Å². The van der Waals surface area contributed by atoms with Crippen molar-refractivity contribution in [2.75, 3.05) is 0 Å². The Morgan fingerprint density at radius 2 is 1.77 bits per heavy atom. The van der Waals surface area contributed by atoms with E-state index in [-0.39, 0.29) is 11.4 Å². The molecule has 0 aliphatic heterocycles. The van der Waals surface area contributed by atoms with E-state index in [1.807, 2.05) is 19.2 Å². The maximum atomic E-state index is 13.7. The molecule has 0 spiro atoms. The smallest absolute Gasteiger partial charge is 0.217 e. The molecule has 2 aromatic heterocycles. The van der Waals surface area contributed by atoms with Gasteiger partial charge in [0, 0.05) is 28.1 Å². The number of hydrogen-bond donors (Lipinski definition) is 0. The van der Waals surface area contributed by atoms with E-state index in [2.05, 4.69) is 18.9 Å². The van der Waals surface area contributed by atoms with E-state index >= 15 is 0 Å². The average Bonchev–Trinajstić information content (AvgIpc) is 3.31. The summed E-state index contributed by atoms with van der Waals surface area (Å²) in [6, 6.07) is 12.6. The molecule has 0 amide bonds. The molecule has 0 aliphatic carbocycles. The van der Waals surface area contributed by atoms with E-state index in [0.717, 1.165) is 32.3 Å². The molecule has 0 aliphatic rings. The van der Waals surface area contributed by atoms with Crippen molar-refractivity contribution in [2.45, 2.75) is 36.7 Å². The van der Waals surface area contributed by atoms with Crippen molar-refractivity contribution in [1.29, 1.82) is 0 Å². The largest absolute Gasteiger partial charge is 0.263 e. The van der Waals surface area contributed by atoms with Crippen LogP contribution in [0.1, 0.15) is 31.5 Å².